The first-order valence-corrected chi connectivity index (χ1v) is 7.06. The molecule has 0 radical (unpaired) electrons. The number of fused-ring (bicyclic) bond motifs is 1. The van der Waals surface area contributed by atoms with Crippen molar-refractivity contribution in [1.29, 1.82) is 0 Å². The molecular formula is C13H13BrClNO. The van der Waals surface area contributed by atoms with E-state index in [0.717, 1.165) is 29.2 Å². The van der Waals surface area contributed by atoms with Crippen LogP contribution in [0.3, 0.4) is 0 Å². The number of anilines is 1. The largest absolute Gasteiger partial charge is 0.325 e. The molecule has 90 valence electrons. The van der Waals surface area contributed by atoms with Crippen molar-refractivity contribution in [3.8, 4) is 0 Å². The van der Waals surface area contributed by atoms with E-state index in [4.69, 9.17) is 11.6 Å². The van der Waals surface area contributed by atoms with Crippen LogP contribution in [0.15, 0.2) is 22.7 Å². The van der Waals surface area contributed by atoms with Gasteiger partial charge in [0, 0.05) is 10.4 Å². The van der Waals surface area contributed by atoms with Gasteiger partial charge < -0.3 is 5.32 Å². The van der Waals surface area contributed by atoms with Gasteiger partial charge in [-0.25, -0.2) is 0 Å². The van der Waals surface area contributed by atoms with Gasteiger partial charge in [0.05, 0.1) is 10.7 Å². The smallest absolute Gasteiger partial charge is 0.227 e. The molecule has 3 rings (SSSR count). The third-order valence-corrected chi connectivity index (χ3v) is 4.61. The van der Waals surface area contributed by atoms with Gasteiger partial charge in [-0.2, -0.15) is 0 Å². The second-order valence-corrected chi connectivity index (χ2v) is 6.36. The molecule has 1 aromatic carbocycles. The van der Waals surface area contributed by atoms with Gasteiger partial charge in [0.1, 0.15) is 0 Å². The maximum Gasteiger partial charge on any atom is 0.227 e. The van der Waals surface area contributed by atoms with Crippen LogP contribution < -0.4 is 5.32 Å². The highest BCUT2D eigenvalue weighted by Crippen LogP contribution is 2.54. The van der Waals surface area contributed by atoms with Gasteiger partial charge in [0.2, 0.25) is 5.91 Å². The van der Waals surface area contributed by atoms with Crippen LogP contribution in [0.2, 0.25) is 5.02 Å². The fraction of sp³-hybridized carbons (Fsp3) is 0.462. The van der Waals surface area contributed by atoms with Gasteiger partial charge >= 0.3 is 0 Å². The molecule has 1 N–H and O–H groups in total. The Balaban J connectivity index is 1.67. The lowest BCUT2D eigenvalue weighted by atomic mass is 10.0. The molecule has 0 aromatic heterocycles. The first-order chi connectivity index (χ1) is 8.13. The average Bonchev–Trinajstić information content (AvgIpc) is 2.89. The molecule has 0 aliphatic heterocycles. The molecule has 2 unspecified atom stereocenters. The maximum atomic E-state index is 12.0. The van der Waals surface area contributed by atoms with Crippen LogP contribution in [0.25, 0.3) is 0 Å². The molecule has 1 aromatic rings. The standard InChI is InChI=1S/C13H13BrClNO/c14-10-1-2-12(11(15)6-10)16-13(17)9-4-7-3-8(7)5-9/h1-2,6-9H,3-5H2,(H,16,17). The van der Waals surface area contributed by atoms with Crippen molar-refractivity contribution in [2.24, 2.45) is 17.8 Å². The maximum absolute atomic E-state index is 12.0. The molecule has 2 aliphatic carbocycles. The van der Waals surface area contributed by atoms with Crippen molar-refractivity contribution < 1.29 is 4.79 Å². The fourth-order valence-corrected chi connectivity index (χ4v) is 3.48. The van der Waals surface area contributed by atoms with Crippen LogP contribution in [-0.4, -0.2) is 5.91 Å². The van der Waals surface area contributed by atoms with E-state index in [2.05, 4.69) is 21.2 Å². The van der Waals surface area contributed by atoms with Crippen molar-refractivity contribution in [3.63, 3.8) is 0 Å². The molecule has 2 fully saturated rings. The van der Waals surface area contributed by atoms with Crippen molar-refractivity contribution in [2.45, 2.75) is 19.3 Å². The van der Waals surface area contributed by atoms with Gasteiger partial charge in [-0.1, -0.05) is 27.5 Å². The molecule has 4 heteroatoms. The van der Waals surface area contributed by atoms with Crippen LogP contribution >= 0.6 is 27.5 Å². The zero-order valence-electron chi connectivity index (χ0n) is 9.25. The number of benzene rings is 1. The van der Waals surface area contributed by atoms with E-state index in [1.165, 1.54) is 6.42 Å². The Bertz CT molecular complexity index is 466. The van der Waals surface area contributed by atoms with Crippen molar-refractivity contribution in [2.75, 3.05) is 5.32 Å². The minimum absolute atomic E-state index is 0.126. The SMILES string of the molecule is O=C(Nc1ccc(Br)cc1Cl)C1CC2CC2C1. The molecule has 0 bridgehead atoms. The van der Waals surface area contributed by atoms with Gasteiger partial charge in [-0.15, -0.1) is 0 Å². The van der Waals surface area contributed by atoms with Crippen LogP contribution in [0, 0.1) is 17.8 Å². The Kier molecular flexibility index (Phi) is 2.91. The van der Waals surface area contributed by atoms with Crippen LogP contribution in [0.4, 0.5) is 5.69 Å². The van der Waals surface area contributed by atoms with Crippen LogP contribution in [0.1, 0.15) is 19.3 Å². The third-order valence-electron chi connectivity index (χ3n) is 3.80. The molecule has 0 saturated heterocycles. The molecule has 1 amide bonds. The summed E-state index contributed by atoms with van der Waals surface area (Å²) in [6.07, 6.45) is 3.46. The second-order valence-electron chi connectivity index (χ2n) is 5.04. The van der Waals surface area contributed by atoms with Gasteiger partial charge in [-0.05, 0) is 49.3 Å². The lowest BCUT2D eigenvalue weighted by molar-refractivity contribution is -0.120. The predicted molar refractivity (Wildman–Crippen MR) is 72.1 cm³/mol. The average molecular weight is 315 g/mol. The molecule has 0 heterocycles. The summed E-state index contributed by atoms with van der Waals surface area (Å²) in [5.41, 5.74) is 0.709. The summed E-state index contributed by atoms with van der Waals surface area (Å²) in [5, 5.41) is 3.51. The summed E-state index contributed by atoms with van der Waals surface area (Å²) in [6, 6.07) is 5.51. The first-order valence-electron chi connectivity index (χ1n) is 5.89. The van der Waals surface area contributed by atoms with Gasteiger partial charge in [0.15, 0.2) is 0 Å². The second kappa shape index (κ2) is 4.29. The Hall–Kier alpha value is -0.540. The fourth-order valence-electron chi connectivity index (χ4n) is 2.75. The highest BCUT2D eigenvalue weighted by atomic mass is 79.9. The number of carbonyl (C=O) groups is 1. The number of carbonyl (C=O) groups excluding carboxylic acids is 1. The minimum atomic E-state index is 0.126. The van der Waals surface area contributed by atoms with E-state index in [1.807, 2.05) is 12.1 Å². The molecule has 2 saturated carbocycles. The van der Waals surface area contributed by atoms with E-state index in [0.29, 0.717) is 10.7 Å². The molecule has 0 spiro atoms. The predicted octanol–water partition coefficient (Wildman–Crippen LogP) is 4.09. The third kappa shape index (κ3) is 2.36. The lowest BCUT2D eigenvalue weighted by Gasteiger charge is -2.13. The summed E-state index contributed by atoms with van der Waals surface area (Å²) < 4.78 is 0.919. The summed E-state index contributed by atoms with van der Waals surface area (Å²) in [6.45, 7) is 0. The first kappa shape index (κ1) is 11.5. The normalized spacial score (nSPS) is 29.9. The number of rotatable bonds is 2. The van der Waals surface area contributed by atoms with Crippen molar-refractivity contribution in [1.82, 2.24) is 0 Å². The molecule has 2 nitrogen and oxygen atoms in total. The van der Waals surface area contributed by atoms with Gasteiger partial charge in [0.25, 0.3) is 0 Å². The summed E-state index contributed by atoms with van der Waals surface area (Å²) in [4.78, 5) is 12.0. The topological polar surface area (TPSA) is 29.1 Å². The number of hydrogen-bond donors (Lipinski definition) is 1. The Morgan fingerprint density at radius 2 is 2.00 bits per heavy atom. The highest BCUT2D eigenvalue weighted by molar-refractivity contribution is 9.10. The molecule has 2 aliphatic rings. The van der Waals surface area contributed by atoms with Crippen molar-refractivity contribution in [3.05, 3.63) is 27.7 Å². The number of hydrogen-bond acceptors (Lipinski definition) is 1. The van der Waals surface area contributed by atoms with Crippen molar-refractivity contribution >= 4 is 39.1 Å². The summed E-state index contributed by atoms with van der Waals surface area (Å²) in [7, 11) is 0. The Labute approximate surface area is 114 Å². The van der Waals surface area contributed by atoms with Crippen LogP contribution in [-0.2, 0) is 4.79 Å². The van der Waals surface area contributed by atoms with E-state index >= 15 is 0 Å². The molecular weight excluding hydrogens is 302 g/mol. The Morgan fingerprint density at radius 3 is 2.65 bits per heavy atom. The number of halogens is 2. The van der Waals surface area contributed by atoms with E-state index < -0.39 is 0 Å². The zero-order chi connectivity index (χ0) is 12.0. The highest BCUT2D eigenvalue weighted by Gasteiger charge is 2.47. The minimum Gasteiger partial charge on any atom is -0.325 e. The van der Waals surface area contributed by atoms with E-state index in [1.54, 1.807) is 6.07 Å². The van der Waals surface area contributed by atoms with E-state index in [9.17, 15) is 4.79 Å². The summed E-state index contributed by atoms with van der Waals surface area (Å²) >= 11 is 9.42. The number of nitrogens with one attached hydrogen (secondary N) is 1. The summed E-state index contributed by atoms with van der Waals surface area (Å²) in [5.74, 6) is 1.97. The van der Waals surface area contributed by atoms with Crippen LogP contribution in [0.5, 0.6) is 0 Å². The lowest BCUT2D eigenvalue weighted by Crippen LogP contribution is -2.21. The van der Waals surface area contributed by atoms with Gasteiger partial charge in [-0.3, -0.25) is 4.79 Å². The zero-order valence-corrected chi connectivity index (χ0v) is 11.6. The molecule has 17 heavy (non-hydrogen) atoms. The molecule has 2 atom stereocenters. The number of amides is 1. The monoisotopic (exact) mass is 313 g/mol. The quantitative estimate of drug-likeness (QED) is 0.875. The van der Waals surface area contributed by atoms with E-state index in [-0.39, 0.29) is 11.8 Å². The Morgan fingerprint density at radius 1 is 1.29 bits per heavy atom.